The summed E-state index contributed by atoms with van der Waals surface area (Å²) in [4.78, 5) is 16.0. The van der Waals surface area contributed by atoms with E-state index in [0.717, 1.165) is 36.3 Å². The summed E-state index contributed by atoms with van der Waals surface area (Å²) < 4.78 is 0. The van der Waals surface area contributed by atoms with Crippen molar-refractivity contribution in [1.82, 2.24) is 10.0 Å². The van der Waals surface area contributed by atoms with Gasteiger partial charge in [0.2, 0.25) is 5.91 Å². The van der Waals surface area contributed by atoms with Crippen LogP contribution in [0.25, 0.3) is 0 Å². The molecule has 1 heterocycles. The summed E-state index contributed by atoms with van der Waals surface area (Å²) in [5.74, 6) is -0.234. The minimum absolute atomic E-state index is 0.0631. The monoisotopic (exact) mass is 250 g/mol. The quantitative estimate of drug-likeness (QED) is 0.598. The molecule has 0 saturated heterocycles. The summed E-state index contributed by atoms with van der Waals surface area (Å²) in [6, 6.07) is 3.59. The first-order valence-electron chi connectivity index (χ1n) is 6.58. The Morgan fingerprint density at radius 3 is 2.33 bits per heavy atom. The molecule has 1 aromatic rings. The second-order valence-electron chi connectivity index (χ2n) is 4.53. The van der Waals surface area contributed by atoms with Crippen LogP contribution in [0.15, 0.2) is 24.5 Å². The van der Waals surface area contributed by atoms with E-state index in [1.807, 2.05) is 0 Å². The third kappa shape index (κ3) is 4.45. The number of amides is 1. The topological polar surface area (TPSA) is 53.4 Å². The molecule has 18 heavy (non-hydrogen) atoms. The number of pyridine rings is 1. The average molecular weight is 250 g/mol. The molecular formula is C14H22N2O2. The van der Waals surface area contributed by atoms with Crippen LogP contribution in [0.5, 0.6) is 0 Å². The molecule has 0 saturated carbocycles. The van der Waals surface area contributed by atoms with Crippen molar-refractivity contribution in [1.29, 1.82) is 0 Å². The maximum absolute atomic E-state index is 12.1. The molecular weight excluding hydrogens is 228 g/mol. The fourth-order valence-corrected chi connectivity index (χ4v) is 2.04. The highest BCUT2D eigenvalue weighted by Crippen LogP contribution is 2.17. The highest BCUT2D eigenvalue weighted by atomic mass is 16.5. The number of hydrogen-bond donors (Lipinski definition) is 1. The van der Waals surface area contributed by atoms with Crippen LogP contribution in [0.4, 0.5) is 0 Å². The number of carbonyl (C=O) groups is 1. The van der Waals surface area contributed by atoms with Crippen molar-refractivity contribution >= 4 is 5.91 Å². The Kier molecular flexibility index (Phi) is 6.36. The number of hydroxylamine groups is 2. The van der Waals surface area contributed by atoms with E-state index in [2.05, 4.69) is 18.8 Å². The zero-order valence-corrected chi connectivity index (χ0v) is 11.2. The first-order valence-corrected chi connectivity index (χ1v) is 6.58. The van der Waals surface area contributed by atoms with E-state index >= 15 is 0 Å². The van der Waals surface area contributed by atoms with Crippen molar-refractivity contribution in [3.63, 3.8) is 0 Å². The van der Waals surface area contributed by atoms with Crippen molar-refractivity contribution < 1.29 is 10.0 Å². The summed E-state index contributed by atoms with van der Waals surface area (Å²) in [6.45, 7) is 4.34. The van der Waals surface area contributed by atoms with E-state index in [-0.39, 0.29) is 18.4 Å². The van der Waals surface area contributed by atoms with Crippen LogP contribution in [0.2, 0.25) is 0 Å². The number of nitrogens with zero attached hydrogens (tertiary/aromatic N) is 2. The smallest absolute Gasteiger partial charge is 0.249 e. The van der Waals surface area contributed by atoms with Gasteiger partial charge in [-0.3, -0.25) is 15.0 Å². The number of carbonyl (C=O) groups excluding carboxylic acids is 1. The summed E-state index contributed by atoms with van der Waals surface area (Å²) in [5, 5.41) is 10.7. The third-order valence-electron chi connectivity index (χ3n) is 2.96. The molecule has 0 aromatic carbocycles. The van der Waals surface area contributed by atoms with Crippen LogP contribution in [-0.4, -0.2) is 21.2 Å². The van der Waals surface area contributed by atoms with Gasteiger partial charge in [-0.15, -0.1) is 0 Å². The van der Waals surface area contributed by atoms with Gasteiger partial charge >= 0.3 is 0 Å². The van der Waals surface area contributed by atoms with Crippen LogP contribution in [0.1, 0.15) is 45.1 Å². The highest BCUT2D eigenvalue weighted by molar-refractivity contribution is 5.77. The lowest BCUT2D eigenvalue weighted by atomic mass is 9.97. The minimum atomic E-state index is -0.171. The predicted octanol–water partition coefficient (Wildman–Crippen LogP) is 3.02. The van der Waals surface area contributed by atoms with Crippen LogP contribution < -0.4 is 0 Å². The fourth-order valence-electron chi connectivity index (χ4n) is 2.04. The molecule has 1 amide bonds. The van der Waals surface area contributed by atoms with E-state index in [1.165, 1.54) is 0 Å². The van der Waals surface area contributed by atoms with Crippen LogP contribution >= 0.6 is 0 Å². The molecule has 1 aromatic heterocycles. The standard InChI is InChI=1S/C14H22N2O2/c1-3-5-13(6-4-2)14(17)16(18)11-12-7-9-15-10-8-12/h7-10,13,18H,3-6,11H2,1-2H3. The zero-order chi connectivity index (χ0) is 13.4. The van der Waals surface area contributed by atoms with Crippen LogP contribution in [-0.2, 0) is 11.3 Å². The lowest BCUT2D eigenvalue weighted by molar-refractivity contribution is -0.173. The van der Waals surface area contributed by atoms with E-state index in [0.29, 0.717) is 0 Å². The second kappa shape index (κ2) is 7.82. The Bertz CT molecular complexity index is 348. The largest absolute Gasteiger partial charge is 0.286 e. The van der Waals surface area contributed by atoms with Crippen molar-refractivity contribution in [3.8, 4) is 0 Å². The van der Waals surface area contributed by atoms with Gasteiger partial charge in [0.05, 0.1) is 6.54 Å². The predicted molar refractivity (Wildman–Crippen MR) is 69.9 cm³/mol. The number of rotatable bonds is 7. The molecule has 0 aliphatic heterocycles. The number of hydrogen-bond acceptors (Lipinski definition) is 3. The SMILES string of the molecule is CCCC(CCC)C(=O)N(O)Cc1ccncc1. The number of aromatic nitrogens is 1. The van der Waals surface area contributed by atoms with Crippen molar-refractivity contribution in [2.24, 2.45) is 5.92 Å². The molecule has 4 heteroatoms. The van der Waals surface area contributed by atoms with Crippen molar-refractivity contribution in [2.45, 2.75) is 46.1 Å². The molecule has 0 aliphatic carbocycles. The van der Waals surface area contributed by atoms with E-state index in [1.54, 1.807) is 24.5 Å². The third-order valence-corrected chi connectivity index (χ3v) is 2.96. The summed E-state index contributed by atoms with van der Waals surface area (Å²) in [6.07, 6.45) is 6.89. The zero-order valence-electron chi connectivity index (χ0n) is 11.2. The molecule has 0 aliphatic rings. The van der Waals surface area contributed by atoms with Crippen molar-refractivity contribution in [2.75, 3.05) is 0 Å². The van der Waals surface area contributed by atoms with Gasteiger partial charge in [-0.1, -0.05) is 26.7 Å². The van der Waals surface area contributed by atoms with Gasteiger partial charge in [-0.2, -0.15) is 0 Å². The highest BCUT2D eigenvalue weighted by Gasteiger charge is 2.21. The summed E-state index contributed by atoms with van der Waals surface area (Å²) in [7, 11) is 0. The van der Waals surface area contributed by atoms with Gasteiger partial charge in [-0.05, 0) is 30.5 Å². The maximum atomic E-state index is 12.1. The van der Waals surface area contributed by atoms with Gasteiger partial charge < -0.3 is 0 Å². The maximum Gasteiger partial charge on any atom is 0.249 e. The Morgan fingerprint density at radius 1 is 1.28 bits per heavy atom. The van der Waals surface area contributed by atoms with Crippen LogP contribution in [0, 0.1) is 5.92 Å². The molecule has 0 fully saturated rings. The van der Waals surface area contributed by atoms with Gasteiger partial charge in [0.25, 0.3) is 0 Å². The van der Waals surface area contributed by atoms with Gasteiger partial charge in [0.1, 0.15) is 0 Å². The molecule has 0 spiro atoms. The molecule has 1 rings (SSSR count). The lowest BCUT2D eigenvalue weighted by Gasteiger charge is -2.21. The second-order valence-corrected chi connectivity index (χ2v) is 4.53. The lowest BCUT2D eigenvalue weighted by Crippen LogP contribution is -2.33. The van der Waals surface area contributed by atoms with Gasteiger partial charge in [-0.25, -0.2) is 5.06 Å². The minimum Gasteiger partial charge on any atom is -0.286 e. The van der Waals surface area contributed by atoms with Crippen LogP contribution in [0.3, 0.4) is 0 Å². The Hall–Kier alpha value is -1.42. The molecule has 0 unspecified atom stereocenters. The van der Waals surface area contributed by atoms with E-state index in [4.69, 9.17) is 0 Å². The summed E-state index contributed by atoms with van der Waals surface area (Å²) >= 11 is 0. The van der Waals surface area contributed by atoms with Gasteiger partial charge in [0, 0.05) is 18.3 Å². The average Bonchev–Trinajstić information content (AvgIpc) is 2.39. The Labute approximate surface area is 109 Å². The van der Waals surface area contributed by atoms with E-state index in [9.17, 15) is 10.0 Å². The Morgan fingerprint density at radius 2 is 1.83 bits per heavy atom. The van der Waals surface area contributed by atoms with E-state index < -0.39 is 0 Å². The van der Waals surface area contributed by atoms with Gasteiger partial charge in [0.15, 0.2) is 0 Å². The first kappa shape index (κ1) is 14.6. The normalized spacial score (nSPS) is 10.7. The molecule has 1 N–H and O–H groups in total. The first-order chi connectivity index (χ1) is 8.69. The molecule has 0 radical (unpaired) electrons. The molecule has 4 nitrogen and oxygen atoms in total. The molecule has 100 valence electrons. The molecule has 0 bridgehead atoms. The summed E-state index contributed by atoms with van der Waals surface area (Å²) in [5.41, 5.74) is 0.882. The fraction of sp³-hybridized carbons (Fsp3) is 0.571. The molecule has 0 atom stereocenters. The Balaban J connectivity index is 2.58. The van der Waals surface area contributed by atoms with Crippen molar-refractivity contribution in [3.05, 3.63) is 30.1 Å².